The van der Waals surface area contributed by atoms with E-state index in [1.165, 1.54) is 32.1 Å². The van der Waals surface area contributed by atoms with E-state index in [0.29, 0.717) is 25.8 Å². The van der Waals surface area contributed by atoms with Gasteiger partial charge in [0, 0.05) is 12.6 Å². The van der Waals surface area contributed by atoms with E-state index in [1.54, 1.807) is 0 Å². The summed E-state index contributed by atoms with van der Waals surface area (Å²) < 4.78 is 11.1. The number of carbonyl (C=O) groups is 1. The standard InChI is InChI=1S/C20H26N2O3/c23-20(21-11-12-4-5-18-19(8-12)25-7-6-24-18)22-17-10-13-9-16(17)15-3-1-2-14(13)15/h4-5,8,13-17H,1-3,6-7,9-11H2,(H2,21,22,23)/t13-,14-,15+,16+,17-/m1/s1. The molecule has 1 aliphatic heterocycles. The number of hydrogen-bond donors (Lipinski definition) is 2. The Balaban J connectivity index is 1.15. The molecule has 0 spiro atoms. The third kappa shape index (κ3) is 2.74. The molecule has 5 rings (SSSR count). The van der Waals surface area contributed by atoms with Gasteiger partial charge in [-0.15, -0.1) is 0 Å². The van der Waals surface area contributed by atoms with Gasteiger partial charge in [0.1, 0.15) is 13.2 Å². The smallest absolute Gasteiger partial charge is 0.315 e. The van der Waals surface area contributed by atoms with Crippen LogP contribution in [0.3, 0.4) is 0 Å². The van der Waals surface area contributed by atoms with Crippen LogP contribution in [0.5, 0.6) is 11.5 Å². The Morgan fingerprint density at radius 1 is 1.04 bits per heavy atom. The van der Waals surface area contributed by atoms with E-state index in [1.807, 2.05) is 18.2 Å². The number of carbonyl (C=O) groups excluding carboxylic acids is 1. The average Bonchev–Trinajstić information content (AvgIpc) is 3.33. The minimum atomic E-state index is -0.0398. The highest BCUT2D eigenvalue weighted by atomic mass is 16.6. The molecule has 3 saturated carbocycles. The Morgan fingerprint density at radius 3 is 2.80 bits per heavy atom. The molecular weight excluding hydrogens is 316 g/mol. The molecule has 25 heavy (non-hydrogen) atoms. The summed E-state index contributed by atoms with van der Waals surface area (Å²) in [5.74, 6) is 4.97. The molecule has 0 radical (unpaired) electrons. The number of benzene rings is 1. The molecular formula is C20H26N2O3. The molecule has 134 valence electrons. The molecule has 1 heterocycles. The molecule has 0 unspecified atom stereocenters. The summed E-state index contributed by atoms with van der Waals surface area (Å²) in [6.07, 6.45) is 6.72. The van der Waals surface area contributed by atoms with Crippen LogP contribution in [0.25, 0.3) is 0 Å². The summed E-state index contributed by atoms with van der Waals surface area (Å²) in [7, 11) is 0. The van der Waals surface area contributed by atoms with Crippen molar-refractivity contribution >= 4 is 6.03 Å². The van der Waals surface area contributed by atoms with E-state index < -0.39 is 0 Å². The molecule has 2 N–H and O–H groups in total. The van der Waals surface area contributed by atoms with Gasteiger partial charge in [0.25, 0.3) is 0 Å². The lowest BCUT2D eigenvalue weighted by Crippen LogP contribution is -2.46. The maximum atomic E-state index is 12.4. The van der Waals surface area contributed by atoms with Crippen LogP contribution < -0.4 is 20.1 Å². The van der Waals surface area contributed by atoms with E-state index in [0.717, 1.165) is 40.7 Å². The normalized spacial score (nSPS) is 34.6. The Morgan fingerprint density at radius 2 is 1.88 bits per heavy atom. The summed E-state index contributed by atoms with van der Waals surface area (Å²) in [5, 5.41) is 6.25. The molecule has 3 aliphatic carbocycles. The van der Waals surface area contributed by atoms with E-state index in [2.05, 4.69) is 10.6 Å². The molecule has 2 amide bonds. The predicted octanol–water partition coefficient (Wildman–Crippen LogP) is 3.08. The van der Waals surface area contributed by atoms with Crippen LogP contribution in [-0.2, 0) is 6.54 Å². The quantitative estimate of drug-likeness (QED) is 0.887. The van der Waals surface area contributed by atoms with Crippen LogP contribution in [0.2, 0.25) is 0 Å². The molecule has 1 aromatic carbocycles. The fourth-order valence-electron chi connectivity index (χ4n) is 5.83. The lowest BCUT2D eigenvalue weighted by atomic mass is 9.79. The summed E-state index contributed by atoms with van der Waals surface area (Å²) >= 11 is 0. The fourth-order valence-corrected chi connectivity index (χ4v) is 5.83. The largest absolute Gasteiger partial charge is 0.486 e. The van der Waals surface area contributed by atoms with Crippen molar-refractivity contribution in [3.05, 3.63) is 23.8 Å². The highest BCUT2D eigenvalue weighted by Gasteiger charge is 2.54. The minimum Gasteiger partial charge on any atom is -0.486 e. The maximum Gasteiger partial charge on any atom is 0.315 e. The van der Waals surface area contributed by atoms with Crippen molar-refractivity contribution in [3.63, 3.8) is 0 Å². The fraction of sp³-hybridized carbons (Fsp3) is 0.650. The summed E-state index contributed by atoms with van der Waals surface area (Å²) in [4.78, 5) is 12.4. The third-order valence-corrected chi connectivity index (χ3v) is 6.80. The van der Waals surface area contributed by atoms with Gasteiger partial charge in [-0.25, -0.2) is 4.79 Å². The van der Waals surface area contributed by atoms with Crippen LogP contribution in [0.4, 0.5) is 4.79 Å². The zero-order valence-corrected chi connectivity index (χ0v) is 14.5. The van der Waals surface area contributed by atoms with Crippen molar-refractivity contribution in [1.82, 2.24) is 10.6 Å². The zero-order chi connectivity index (χ0) is 16.8. The molecule has 2 bridgehead atoms. The van der Waals surface area contributed by atoms with Crippen molar-refractivity contribution in [1.29, 1.82) is 0 Å². The molecule has 5 heteroatoms. The third-order valence-electron chi connectivity index (χ3n) is 6.80. The summed E-state index contributed by atoms with van der Waals surface area (Å²) in [5.41, 5.74) is 1.03. The second-order valence-corrected chi connectivity index (χ2v) is 8.07. The number of fused-ring (bicyclic) bond motifs is 6. The number of urea groups is 1. The van der Waals surface area contributed by atoms with Crippen LogP contribution in [0, 0.1) is 23.7 Å². The topological polar surface area (TPSA) is 59.6 Å². The van der Waals surface area contributed by atoms with Crippen LogP contribution >= 0.6 is 0 Å². The van der Waals surface area contributed by atoms with Gasteiger partial charge in [-0.1, -0.05) is 12.5 Å². The first-order chi connectivity index (χ1) is 12.3. The van der Waals surface area contributed by atoms with E-state index in [9.17, 15) is 4.79 Å². The van der Waals surface area contributed by atoms with Gasteiger partial charge in [-0.3, -0.25) is 0 Å². The molecule has 0 aromatic heterocycles. The van der Waals surface area contributed by atoms with Crippen LogP contribution in [0.15, 0.2) is 18.2 Å². The van der Waals surface area contributed by atoms with Gasteiger partial charge in [-0.05, 0) is 67.1 Å². The van der Waals surface area contributed by atoms with Gasteiger partial charge in [-0.2, -0.15) is 0 Å². The van der Waals surface area contributed by atoms with Gasteiger partial charge >= 0.3 is 6.03 Å². The van der Waals surface area contributed by atoms with Crippen molar-refractivity contribution < 1.29 is 14.3 Å². The summed E-state index contributed by atoms with van der Waals surface area (Å²) in [6, 6.07) is 6.19. The SMILES string of the molecule is O=C(NCc1ccc2c(c1)OCCO2)N[C@@H]1C[C@H]2C[C@H]1[C@H]1CCC[C@H]21. The van der Waals surface area contributed by atoms with Crippen LogP contribution in [-0.4, -0.2) is 25.3 Å². The van der Waals surface area contributed by atoms with Gasteiger partial charge in [0.05, 0.1) is 0 Å². The van der Waals surface area contributed by atoms with Gasteiger partial charge < -0.3 is 20.1 Å². The van der Waals surface area contributed by atoms with Crippen molar-refractivity contribution in [3.8, 4) is 11.5 Å². The molecule has 4 aliphatic rings. The van der Waals surface area contributed by atoms with Gasteiger partial charge in [0.15, 0.2) is 11.5 Å². The highest BCUT2D eigenvalue weighted by Crippen LogP contribution is 2.58. The predicted molar refractivity (Wildman–Crippen MR) is 93.6 cm³/mol. The summed E-state index contributed by atoms with van der Waals surface area (Å²) in [6.45, 7) is 1.69. The number of amides is 2. The van der Waals surface area contributed by atoms with Crippen molar-refractivity contribution in [2.45, 2.75) is 44.7 Å². The minimum absolute atomic E-state index is 0.0398. The Bertz CT molecular complexity index is 677. The lowest BCUT2D eigenvalue weighted by molar-refractivity contribution is 0.171. The van der Waals surface area contributed by atoms with Crippen molar-refractivity contribution in [2.75, 3.05) is 13.2 Å². The second-order valence-electron chi connectivity index (χ2n) is 8.07. The van der Waals surface area contributed by atoms with E-state index in [4.69, 9.17) is 9.47 Å². The first-order valence-corrected chi connectivity index (χ1v) is 9.71. The molecule has 0 saturated heterocycles. The van der Waals surface area contributed by atoms with E-state index in [-0.39, 0.29) is 6.03 Å². The van der Waals surface area contributed by atoms with E-state index >= 15 is 0 Å². The molecule has 1 aromatic rings. The second kappa shape index (κ2) is 6.11. The van der Waals surface area contributed by atoms with Gasteiger partial charge in [0.2, 0.25) is 0 Å². The molecule has 5 atom stereocenters. The zero-order valence-electron chi connectivity index (χ0n) is 14.5. The highest BCUT2D eigenvalue weighted by molar-refractivity contribution is 5.74. The molecule has 3 fully saturated rings. The monoisotopic (exact) mass is 342 g/mol. The first-order valence-electron chi connectivity index (χ1n) is 9.71. The lowest BCUT2D eigenvalue weighted by Gasteiger charge is -2.32. The Hall–Kier alpha value is -1.91. The Kier molecular flexibility index (Phi) is 3.75. The van der Waals surface area contributed by atoms with Crippen molar-refractivity contribution in [2.24, 2.45) is 23.7 Å². The number of ether oxygens (including phenoxy) is 2. The average molecular weight is 342 g/mol. The maximum absolute atomic E-state index is 12.4. The molecule has 5 nitrogen and oxygen atoms in total. The van der Waals surface area contributed by atoms with Crippen LogP contribution in [0.1, 0.15) is 37.7 Å². The number of nitrogens with one attached hydrogen (secondary N) is 2. The Labute approximate surface area is 148 Å². The first kappa shape index (κ1) is 15.4. The number of hydrogen-bond acceptors (Lipinski definition) is 3. The number of rotatable bonds is 3.